The Bertz CT molecular complexity index is 1240. The number of benzene rings is 3. The molecule has 0 heterocycles. The fraction of sp³-hybridized carbons (Fsp3) is 0.105. The highest BCUT2D eigenvalue weighted by atomic mass is 32.2. The SMILES string of the molecule is COc1cc(N=Nc2ccc3ccccc3c2S(=O)(=O)O)c(NC(C)=O)cc1N. The smallest absolute Gasteiger partial charge is 0.297 e. The molecule has 0 aliphatic heterocycles. The first-order chi connectivity index (χ1) is 13.7. The van der Waals surface area contributed by atoms with E-state index in [-0.39, 0.29) is 33.6 Å². The van der Waals surface area contributed by atoms with Crippen LogP contribution in [0.3, 0.4) is 0 Å². The molecule has 1 amide bonds. The normalized spacial score (nSPS) is 11.7. The minimum Gasteiger partial charge on any atom is -0.495 e. The van der Waals surface area contributed by atoms with Crippen molar-refractivity contribution >= 4 is 49.5 Å². The highest BCUT2D eigenvalue weighted by molar-refractivity contribution is 7.86. The summed E-state index contributed by atoms with van der Waals surface area (Å²) in [5, 5.41) is 11.6. The highest BCUT2D eigenvalue weighted by Crippen LogP contribution is 2.38. The van der Waals surface area contributed by atoms with Gasteiger partial charge in [-0.3, -0.25) is 9.35 Å². The number of hydrogen-bond acceptors (Lipinski definition) is 7. The van der Waals surface area contributed by atoms with E-state index >= 15 is 0 Å². The number of azo groups is 1. The molecule has 29 heavy (non-hydrogen) atoms. The molecule has 0 aliphatic carbocycles. The molecular formula is C19H18N4O5S. The number of anilines is 2. The summed E-state index contributed by atoms with van der Waals surface area (Å²) in [6.07, 6.45) is 0. The van der Waals surface area contributed by atoms with Crippen LogP contribution in [0.4, 0.5) is 22.7 Å². The van der Waals surface area contributed by atoms with Crippen LogP contribution in [0.1, 0.15) is 6.92 Å². The first-order valence-electron chi connectivity index (χ1n) is 8.37. The number of nitrogens with one attached hydrogen (secondary N) is 1. The molecule has 3 rings (SSSR count). The highest BCUT2D eigenvalue weighted by Gasteiger charge is 2.20. The average molecular weight is 414 g/mol. The molecule has 0 aliphatic rings. The number of amides is 1. The van der Waals surface area contributed by atoms with Crippen LogP contribution < -0.4 is 15.8 Å². The van der Waals surface area contributed by atoms with E-state index in [0.29, 0.717) is 16.5 Å². The summed E-state index contributed by atoms with van der Waals surface area (Å²) < 4.78 is 38.9. The number of carbonyl (C=O) groups is 1. The molecule has 0 aromatic heterocycles. The molecule has 0 bridgehead atoms. The van der Waals surface area contributed by atoms with Crippen LogP contribution in [0.15, 0.2) is 63.7 Å². The monoisotopic (exact) mass is 414 g/mol. The molecule has 0 unspecified atom stereocenters. The predicted octanol–water partition coefficient (Wildman–Crippen LogP) is 4.05. The van der Waals surface area contributed by atoms with Crippen LogP contribution in [-0.4, -0.2) is 26.0 Å². The van der Waals surface area contributed by atoms with Crippen molar-refractivity contribution < 1.29 is 22.5 Å². The van der Waals surface area contributed by atoms with Crippen molar-refractivity contribution in [3.63, 3.8) is 0 Å². The summed E-state index contributed by atoms with van der Waals surface area (Å²) in [6.45, 7) is 1.32. The minimum absolute atomic E-state index is 0.0595. The molecule has 3 aromatic rings. The maximum atomic E-state index is 12.0. The zero-order valence-corrected chi connectivity index (χ0v) is 16.4. The first kappa shape index (κ1) is 20.2. The van der Waals surface area contributed by atoms with Gasteiger partial charge in [-0.2, -0.15) is 8.42 Å². The summed E-state index contributed by atoms with van der Waals surface area (Å²) in [7, 11) is -3.16. The average Bonchev–Trinajstić information content (AvgIpc) is 2.65. The molecule has 0 saturated heterocycles. The van der Waals surface area contributed by atoms with Gasteiger partial charge in [-0.05, 0) is 17.5 Å². The van der Waals surface area contributed by atoms with Crippen molar-refractivity contribution in [2.24, 2.45) is 10.2 Å². The van der Waals surface area contributed by atoms with Crippen LogP contribution in [0.25, 0.3) is 10.8 Å². The zero-order valence-electron chi connectivity index (χ0n) is 15.6. The Labute approximate surface area is 167 Å². The van der Waals surface area contributed by atoms with Crippen molar-refractivity contribution in [2.75, 3.05) is 18.2 Å². The van der Waals surface area contributed by atoms with Gasteiger partial charge in [-0.15, -0.1) is 10.2 Å². The second kappa shape index (κ2) is 7.86. The van der Waals surface area contributed by atoms with Gasteiger partial charge in [0.1, 0.15) is 22.0 Å². The number of fused-ring (bicyclic) bond motifs is 1. The van der Waals surface area contributed by atoms with Crippen LogP contribution in [0, 0.1) is 0 Å². The topological polar surface area (TPSA) is 143 Å². The quantitative estimate of drug-likeness (QED) is 0.326. The Morgan fingerprint density at radius 1 is 1.10 bits per heavy atom. The van der Waals surface area contributed by atoms with Gasteiger partial charge in [-0.25, -0.2) is 0 Å². The Kier molecular flexibility index (Phi) is 5.48. The van der Waals surface area contributed by atoms with Gasteiger partial charge in [0.15, 0.2) is 0 Å². The summed E-state index contributed by atoms with van der Waals surface area (Å²) in [4.78, 5) is 11.1. The summed E-state index contributed by atoms with van der Waals surface area (Å²) in [5.74, 6) is -0.0445. The summed E-state index contributed by atoms with van der Waals surface area (Å²) in [5.41, 5.74) is 6.55. The molecule has 0 spiro atoms. The lowest BCUT2D eigenvalue weighted by molar-refractivity contribution is -0.114. The lowest BCUT2D eigenvalue weighted by Gasteiger charge is -2.11. The van der Waals surface area contributed by atoms with Crippen molar-refractivity contribution in [1.82, 2.24) is 0 Å². The number of carbonyl (C=O) groups excluding carboxylic acids is 1. The number of rotatable bonds is 5. The van der Waals surface area contributed by atoms with Gasteiger partial charge < -0.3 is 15.8 Å². The second-order valence-electron chi connectivity index (χ2n) is 6.10. The molecule has 0 radical (unpaired) electrons. The Morgan fingerprint density at radius 3 is 2.45 bits per heavy atom. The van der Waals surface area contributed by atoms with E-state index < -0.39 is 10.1 Å². The first-order valence-corrected chi connectivity index (χ1v) is 9.81. The van der Waals surface area contributed by atoms with Gasteiger partial charge in [0.05, 0.1) is 18.5 Å². The number of nitrogens with two attached hydrogens (primary N) is 1. The molecule has 4 N–H and O–H groups in total. The van der Waals surface area contributed by atoms with E-state index in [1.165, 1.54) is 32.2 Å². The maximum Gasteiger partial charge on any atom is 0.297 e. The fourth-order valence-electron chi connectivity index (χ4n) is 2.82. The van der Waals surface area contributed by atoms with Gasteiger partial charge in [0.2, 0.25) is 5.91 Å². The largest absolute Gasteiger partial charge is 0.495 e. The van der Waals surface area contributed by atoms with Crippen LogP contribution >= 0.6 is 0 Å². The second-order valence-corrected chi connectivity index (χ2v) is 7.46. The zero-order chi connectivity index (χ0) is 21.2. The number of methoxy groups -OCH3 is 1. The Morgan fingerprint density at radius 2 is 1.79 bits per heavy atom. The molecule has 150 valence electrons. The standard InChI is InChI=1S/C19H18N4O5S/c1-11(24)21-16-9-14(20)18(28-2)10-17(16)23-22-15-8-7-12-5-3-4-6-13(12)19(15)29(25,26)27/h3-10H,20H2,1-2H3,(H,21,24)(H,25,26,27). The lowest BCUT2D eigenvalue weighted by Crippen LogP contribution is -2.06. The molecule has 10 heteroatoms. The third-order valence-electron chi connectivity index (χ3n) is 4.04. The third kappa shape index (κ3) is 4.33. The number of hydrogen-bond donors (Lipinski definition) is 3. The van der Waals surface area contributed by atoms with E-state index in [4.69, 9.17) is 10.5 Å². The van der Waals surface area contributed by atoms with Crippen LogP contribution in [0.2, 0.25) is 0 Å². The minimum atomic E-state index is -4.58. The van der Waals surface area contributed by atoms with E-state index in [1.54, 1.807) is 30.3 Å². The van der Waals surface area contributed by atoms with Crippen molar-refractivity contribution in [3.8, 4) is 5.75 Å². The lowest BCUT2D eigenvalue weighted by atomic mass is 10.1. The summed E-state index contributed by atoms with van der Waals surface area (Å²) in [6, 6.07) is 12.7. The van der Waals surface area contributed by atoms with Crippen molar-refractivity contribution in [2.45, 2.75) is 11.8 Å². The van der Waals surface area contributed by atoms with Crippen LogP contribution in [0.5, 0.6) is 5.75 Å². The van der Waals surface area contributed by atoms with Crippen LogP contribution in [-0.2, 0) is 14.9 Å². The van der Waals surface area contributed by atoms with Crippen molar-refractivity contribution in [3.05, 3.63) is 48.5 Å². The Balaban J connectivity index is 2.18. The van der Waals surface area contributed by atoms with E-state index in [0.717, 1.165) is 0 Å². The number of nitrogen functional groups attached to an aromatic ring is 1. The maximum absolute atomic E-state index is 12.0. The van der Waals surface area contributed by atoms with Gasteiger partial charge in [0.25, 0.3) is 10.1 Å². The molecule has 0 saturated carbocycles. The molecule has 9 nitrogen and oxygen atoms in total. The van der Waals surface area contributed by atoms with Gasteiger partial charge in [0, 0.05) is 18.4 Å². The van der Waals surface area contributed by atoms with E-state index in [1.807, 2.05) is 0 Å². The summed E-state index contributed by atoms with van der Waals surface area (Å²) >= 11 is 0. The molecule has 3 aromatic carbocycles. The van der Waals surface area contributed by atoms with E-state index in [2.05, 4.69) is 15.5 Å². The third-order valence-corrected chi connectivity index (χ3v) is 4.99. The molecule has 0 atom stereocenters. The fourth-order valence-corrected chi connectivity index (χ4v) is 3.66. The van der Waals surface area contributed by atoms with E-state index in [9.17, 15) is 17.8 Å². The molecule has 0 fully saturated rings. The predicted molar refractivity (Wildman–Crippen MR) is 110 cm³/mol. The van der Waals surface area contributed by atoms with Gasteiger partial charge >= 0.3 is 0 Å². The number of ether oxygens (including phenoxy) is 1. The van der Waals surface area contributed by atoms with Gasteiger partial charge in [-0.1, -0.05) is 30.3 Å². The Hall–Kier alpha value is -3.50. The van der Waals surface area contributed by atoms with Crippen molar-refractivity contribution in [1.29, 1.82) is 0 Å². The molecular weight excluding hydrogens is 396 g/mol. The number of nitrogens with zero attached hydrogens (tertiary/aromatic N) is 2.